The highest BCUT2D eigenvalue weighted by Gasteiger charge is 2.21. The van der Waals surface area contributed by atoms with Crippen molar-refractivity contribution in [2.75, 3.05) is 0 Å². The Morgan fingerprint density at radius 2 is 2.00 bits per heavy atom. The lowest BCUT2D eigenvalue weighted by molar-refractivity contribution is 0.0938. The topological polar surface area (TPSA) is 64.2 Å². The van der Waals surface area contributed by atoms with Crippen molar-refractivity contribution in [1.29, 1.82) is 0 Å². The van der Waals surface area contributed by atoms with Crippen molar-refractivity contribution in [3.8, 4) is 0 Å². The molecule has 3 rings (SSSR count). The van der Waals surface area contributed by atoms with E-state index in [1.165, 1.54) is 5.69 Å². The number of hydrogen-bond acceptors (Lipinski definition) is 3. The predicted molar refractivity (Wildman–Crippen MR) is 102 cm³/mol. The number of hydrogen-bond donors (Lipinski definition) is 1. The molecule has 0 fully saturated rings. The molecule has 0 saturated heterocycles. The minimum Gasteiger partial charge on any atom is -0.354 e. The van der Waals surface area contributed by atoms with E-state index < -0.39 is 0 Å². The zero-order valence-corrected chi connectivity index (χ0v) is 16.2. The van der Waals surface area contributed by atoms with E-state index in [0.29, 0.717) is 5.56 Å². The fraction of sp³-hybridized carbons (Fsp3) is 0.450. The van der Waals surface area contributed by atoms with Gasteiger partial charge in [-0.1, -0.05) is 20.8 Å². The van der Waals surface area contributed by atoms with Gasteiger partial charge in [0.25, 0.3) is 5.91 Å². The fourth-order valence-electron chi connectivity index (χ4n) is 3.04. The highest BCUT2D eigenvalue weighted by Crippen LogP contribution is 2.21. The van der Waals surface area contributed by atoms with Crippen LogP contribution in [-0.4, -0.2) is 31.1 Å². The number of aromatic nitrogens is 4. The zero-order chi connectivity index (χ0) is 18.9. The summed E-state index contributed by atoms with van der Waals surface area (Å²) in [4.78, 5) is 12.6. The molecule has 1 atom stereocenters. The summed E-state index contributed by atoms with van der Waals surface area (Å²) >= 11 is 0. The lowest BCUT2D eigenvalue weighted by Crippen LogP contribution is -2.33. The van der Waals surface area contributed by atoms with Gasteiger partial charge < -0.3 is 9.88 Å². The number of aryl methyl sites for hydroxylation is 2. The molecule has 0 aliphatic heterocycles. The quantitative estimate of drug-likeness (QED) is 0.766. The second-order valence-corrected chi connectivity index (χ2v) is 7.94. The molecular weight excluding hydrogens is 326 g/mol. The number of fused-ring (bicyclic) bond motifs is 1. The van der Waals surface area contributed by atoms with Crippen molar-refractivity contribution in [3.63, 3.8) is 0 Å². The summed E-state index contributed by atoms with van der Waals surface area (Å²) in [5.74, 6) is 0.777. The fourth-order valence-corrected chi connectivity index (χ4v) is 3.04. The minimum atomic E-state index is -0.142. The van der Waals surface area contributed by atoms with Crippen LogP contribution in [-0.2, 0) is 18.9 Å². The Kier molecular flexibility index (Phi) is 4.85. The summed E-state index contributed by atoms with van der Waals surface area (Å²) < 4.78 is 4.02. The van der Waals surface area contributed by atoms with Crippen molar-refractivity contribution < 1.29 is 4.79 Å². The Bertz CT molecular complexity index is 916. The molecule has 0 aromatic carbocycles. The molecule has 0 radical (unpaired) electrons. The van der Waals surface area contributed by atoms with Gasteiger partial charge in [-0.25, -0.2) is 0 Å². The average Bonchev–Trinajstić information content (AvgIpc) is 3.17. The van der Waals surface area contributed by atoms with Crippen LogP contribution in [0.2, 0.25) is 0 Å². The van der Waals surface area contributed by atoms with E-state index >= 15 is 0 Å². The van der Waals surface area contributed by atoms with E-state index in [4.69, 9.17) is 0 Å². The SMILES string of the molecule is CC(CCc1cccn1C)NC(=O)c1ccc2nnc(C(C)(C)C)n2c1. The van der Waals surface area contributed by atoms with Gasteiger partial charge in [-0.05, 0) is 44.0 Å². The minimum absolute atomic E-state index is 0.0696. The molecule has 1 amide bonds. The van der Waals surface area contributed by atoms with Crippen LogP contribution in [0.15, 0.2) is 36.7 Å². The first-order valence-corrected chi connectivity index (χ1v) is 9.02. The standard InChI is InChI=1S/C20H27N5O/c1-14(8-10-16-7-6-12-24(16)5)21-18(26)15-9-11-17-22-23-19(20(2,3)4)25(17)13-15/h6-7,9,11-14H,8,10H2,1-5H3,(H,21,26). The first-order chi connectivity index (χ1) is 12.3. The number of nitrogens with zero attached hydrogens (tertiary/aromatic N) is 4. The van der Waals surface area contributed by atoms with E-state index in [9.17, 15) is 4.79 Å². The van der Waals surface area contributed by atoms with Gasteiger partial charge in [0.05, 0.1) is 5.56 Å². The van der Waals surface area contributed by atoms with Crippen LogP contribution in [0.25, 0.3) is 5.65 Å². The maximum absolute atomic E-state index is 12.6. The highest BCUT2D eigenvalue weighted by atomic mass is 16.1. The van der Waals surface area contributed by atoms with E-state index in [-0.39, 0.29) is 17.4 Å². The number of rotatable bonds is 5. The Morgan fingerprint density at radius 1 is 1.23 bits per heavy atom. The van der Waals surface area contributed by atoms with E-state index in [2.05, 4.69) is 46.9 Å². The molecule has 0 aliphatic rings. The second-order valence-electron chi connectivity index (χ2n) is 7.94. The van der Waals surface area contributed by atoms with Gasteiger partial charge in [0.1, 0.15) is 5.82 Å². The molecule has 6 nitrogen and oxygen atoms in total. The van der Waals surface area contributed by atoms with Crippen molar-refractivity contribution in [3.05, 3.63) is 53.7 Å². The monoisotopic (exact) mass is 353 g/mol. The van der Waals surface area contributed by atoms with E-state index in [1.54, 1.807) is 6.07 Å². The third kappa shape index (κ3) is 3.79. The first kappa shape index (κ1) is 18.2. The Hall–Kier alpha value is -2.63. The molecule has 138 valence electrons. The lowest BCUT2D eigenvalue weighted by Gasteiger charge is -2.17. The number of nitrogens with one attached hydrogen (secondary N) is 1. The van der Waals surface area contributed by atoms with E-state index in [1.807, 2.05) is 42.9 Å². The summed E-state index contributed by atoms with van der Waals surface area (Å²) in [5, 5.41) is 11.6. The van der Waals surface area contributed by atoms with Crippen LogP contribution >= 0.6 is 0 Å². The lowest BCUT2D eigenvalue weighted by atomic mass is 9.96. The zero-order valence-electron chi connectivity index (χ0n) is 16.2. The van der Waals surface area contributed by atoms with E-state index in [0.717, 1.165) is 24.3 Å². The van der Waals surface area contributed by atoms with Crippen molar-refractivity contribution in [1.82, 2.24) is 24.5 Å². The largest absolute Gasteiger partial charge is 0.354 e. The van der Waals surface area contributed by atoms with Crippen LogP contribution in [0, 0.1) is 0 Å². The molecule has 3 aromatic rings. The Labute approximate surface area is 154 Å². The van der Waals surface area contributed by atoms with Gasteiger partial charge in [-0.2, -0.15) is 0 Å². The molecule has 1 N–H and O–H groups in total. The normalized spacial score (nSPS) is 13.1. The third-order valence-corrected chi connectivity index (χ3v) is 4.60. The summed E-state index contributed by atoms with van der Waals surface area (Å²) in [6.07, 6.45) is 5.70. The van der Waals surface area contributed by atoms with Crippen LogP contribution in [0.5, 0.6) is 0 Å². The molecule has 26 heavy (non-hydrogen) atoms. The molecule has 3 aromatic heterocycles. The maximum Gasteiger partial charge on any atom is 0.252 e. The van der Waals surface area contributed by atoms with Crippen LogP contribution in [0.4, 0.5) is 0 Å². The molecular formula is C20H27N5O. The Morgan fingerprint density at radius 3 is 2.65 bits per heavy atom. The molecule has 1 unspecified atom stereocenters. The Balaban J connectivity index is 1.70. The number of amides is 1. The van der Waals surface area contributed by atoms with Gasteiger partial charge in [0, 0.05) is 36.6 Å². The van der Waals surface area contributed by atoms with Gasteiger partial charge in [-0.15, -0.1) is 10.2 Å². The first-order valence-electron chi connectivity index (χ1n) is 9.02. The van der Waals surface area contributed by atoms with Crippen molar-refractivity contribution in [2.45, 2.75) is 52.0 Å². The molecule has 3 heterocycles. The van der Waals surface area contributed by atoms with Crippen LogP contribution in [0.3, 0.4) is 0 Å². The van der Waals surface area contributed by atoms with Crippen LogP contribution < -0.4 is 5.32 Å². The molecule has 0 bridgehead atoms. The van der Waals surface area contributed by atoms with Gasteiger partial charge >= 0.3 is 0 Å². The smallest absolute Gasteiger partial charge is 0.252 e. The number of carbonyl (C=O) groups is 1. The second kappa shape index (κ2) is 6.94. The number of pyridine rings is 1. The molecule has 6 heteroatoms. The predicted octanol–water partition coefficient (Wildman–Crippen LogP) is 3.12. The van der Waals surface area contributed by atoms with Gasteiger partial charge in [0.2, 0.25) is 0 Å². The summed E-state index contributed by atoms with van der Waals surface area (Å²) in [7, 11) is 2.04. The third-order valence-electron chi connectivity index (χ3n) is 4.60. The molecule has 0 aliphatic carbocycles. The van der Waals surface area contributed by atoms with Crippen molar-refractivity contribution >= 4 is 11.6 Å². The molecule has 0 saturated carbocycles. The number of carbonyl (C=O) groups excluding carboxylic acids is 1. The summed E-state index contributed by atoms with van der Waals surface area (Å²) in [6, 6.07) is 7.89. The van der Waals surface area contributed by atoms with Gasteiger partial charge in [0.15, 0.2) is 5.65 Å². The highest BCUT2D eigenvalue weighted by molar-refractivity contribution is 5.94. The maximum atomic E-state index is 12.6. The average molecular weight is 353 g/mol. The van der Waals surface area contributed by atoms with Crippen LogP contribution in [0.1, 0.15) is 56.0 Å². The summed E-state index contributed by atoms with van der Waals surface area (Å²) in [5.41, 5.74) is 2.50. The summed E-state index contributed by atoms with van der Waals surface area (Å²) in [6.45, 7) is 8.30. The van der Waals surface area contributed by atoms with Gasteiger partial charge in [-0.3, -0.25) is 9.20 Å². The molecule has 0 spiro atoms. The van der Waals surface area contributed by atoms with Crippen molar-refractivity contribution in [2.24, 2.45) is 7.05 Å².